The summed E-state index contributed by atoms with van der Waals surface area (Å²) in [5.41, 5.74) is 5.40. The molecular weight excluding hydrogens is 653 g/mol. The van der Waals surface area contributed by atoms with Gasteiger partial charge in [-0.1, -0.05) is 25.3 Å². The van der Waals surface area contributed by atoms with Crippen LogP contribution in [0.3, 0.4) is 0 Å². The number of nitrogens with zero attached hydrogens (tertiary/aromatic N) is 3. The molecule has 4 unspecified atom stereocenters. The maximum absolute atomic E-state index is 15.1. The zero-order chi connectivity index (χ0) is 34.4. The van der Waals surface area contributed by atoms with Crippen molar-refractivity contribution < 1.29 is 27.5 Å². The van der Waals surface area contributed by atoms with Crippen LogP contribution >= 0.6 is 0 Å². The maximum atomic E-state index is 15.1. The number of fused-ring (bicyclic) bond motifs is 9. The summed E-state index contributed by atoms with van der Waals surface area (Å²) in [5.74, 6) is 0.883. The van der Waals surface area contributed by atoms with Gasteiger partial charge >= 0.3 is 0 Å². The van der Waals surface area contributed by atoms with Crippen LogP contribution in [0.4, 0.5) is 0 Å². The monoisotopic (exact) mass is 700 g/mol. The predicted molar refractivity (Wildman–Crippen MR) is 191 cm³/mol. The summed E-state index contributed by atoms with van der Waals surface area (Å²) in [6, 6.07) is 12.5. The van der Waals surface area contributed by atoms with Gasteiger partial charge in [0.2, 0.25) is 15.9 Å². The van der Waals surface area contributed by atoms with Crippen molar-refractivity contribution >= 4 is 32.7 Å². The molecule has 3 aromatic rings. The first-order chi connectivity index (χ1) is 24.2. The topological polar surface area (TPSA) is 110 Å². The second-order valence-corrected chi connectivity index (χ2v) is 17.8. The van der Waals surface area contributed by atoms with Crippen LogP contribution in [-0.2, 0) is 26.1 Å². The number of hydrogen-bond acceptors (Lipinski definition) is 7. The molecule has 1 N–H and O–H groups in total. The van der Waals surface area contributed by atoms with Gasteiger partial charge in [0.05, 0.1) is 23.5 Å². The number of methoxy groups -OCH3 is 1. The number of piperazine rings is 1. The summed E-state index contributed by atoms with van der Waals surface area (Å²) in [7, 11) is -0.00251. The third kappa shape index (κ3) is 5.12. The minimum absolute atomic E-state index is 0.0735. The zero-order valence-electron chi connectivity index (χ0n) is 29.2. The first kappa shape index (κ1) is 32.5. The van der Waals surface area contributed by atoms with Crippen molar-refractivity contribution in [1.82, 2.24) is 19.1 Å². The van der Waals surface area contributed by atoms with Crippen molar-refractivity contribution in [1.29, 1.82) is 0 Å². The number of likely N-dealkylation sites (N-methyl/N-ethyl adjacent to an activating group) is 1. The summed E-state index contributed by atoms with van der Waals surface area (Å²) in [4.78, 5) is 33.4. The van der Waals surface area contributed by atoms with Crippen LogP contribution in [-0.4, -0.2) is 92.4 Å². The highest BCUT2D eigenvalue weighted by Crippen LogP contribution is 2.66. The van der Waals surface area contributed by atoms with E-state index in [9.17, 15) is 13.2 Å². The molecule has 5 heterocycles. The van der Waals surface area contributed by atoms with E-state index in [0.29, 0.717) is 44.1 Å². The molecule has 50 heavy (non-hydrogen) atoms. The summed E-state index contributed by atoms with van der Waals surface area (Å²) in [6.45, 7) is 3.09. The van der Waals surface area contributed by atoms with E-state index in [4.69, 9.17) is 9.47 Å². The van der Waals surface area contributed by atoms with E-state index >= 15 is 4.79 Å². The Labute approximate surface area is 294 Å². The Kier molecular flexibility index (Phi) is 7.86. The molecule has 11 heteroatoms. The molecule has 0 radical (unpaired) electrons. The average Bonchev–Trinajstić information content (AvgIpc) is 3.71. The van der Waals surface area contributed by atoms with Crippen LogP contribution < -0.4 is 9.46 Å². The quantitative estimate of drug-likeness (QED) is 0.367. The minimum atomic E-state index is -3.86. The number of sulfonamides is 1. The van der Waals surface area contributed by atoms with E-state index in [2.05, 4.69) is 38.3 Å². The lowest BCUT2D eigenvalue weighted by atomic mass is 9.81. The molecule has 6 aliphatic rings. The number of carbonyl (C=O) groups excluding carboxylic acids is 2. The minimum Gasteiger partial charge on any atom is -0.497 e. The number of likely N-dealkylation sites (tertiary alicyclic amines) is 1. The van der Waals surface area contributed by atoms with Crippen LogP contribution in [0.25, 0.3) is 22.2 Å². The Hall–Kier alpha value is -3.41. The van der Waals surface area contributed by atoms with Crippen molar-refractivity contribution in [2.24, 2.45) is 5.41 Å². The molecule has 2 aliphatic carbocycles. The molecule has 2 aromatic carbocycles. The van der Waals surface area contributed by atoms with Crippen LogP contribution in [0.1, 0.15) is 97.5 Å². The fourth-order valence-corrected chi connectivity index (χ4v) is 11.7. The third-order valence-corrected chi connectivity index (χ3v) is 14.8. The number of carbonyl (C=O) groups is 2. The summed E-state index contributed by atoms with van der Waals surface area (Å²) < 4.78 is 42.4. The number of amides is 2. The first-order valence-electron chi connectivity index (χ1n) is 18.7. The number of aromatic nitrogens is 1. The number of nitrogens with one attached hydrogen (secondary N) is 1. The molecule has 9 rings (SSSR count). The van der Waals surface area contributed by atoms with E-state index in [0.717, 1.165) is 73.1 Å². The average molecular weight is 701 g/mol. The van der Waals surface area contributed by atoms with E-state index in [-0.39, 0.29) is 23.9 Å². The van der Waals surface area contributed by atoms with E-state index in [1.807, 2.05) is 18.2 Å². The molecule has 5 fully saturated rings. The Bertz CT molecular complexity index is 1960. The van der Waals surface area contributed by atoms with Gasteiger partial charge < -0.3 is 23.8 Å². The predicted octanol–water partition coefficient (Wildman–Crippen LogP) is 5.40. The van der Waals surface area contributed by atoms with Gasteiger partial charge in [-0.3, -0.25) is 9.59 Å². The third-order valence-electron chi connectivity index (χ3n) is 13.0. The molecule has 2 saturated carbocycles. The van der Waals surface area contributed by atoms with Gasteiger partial charge in [0, 0.05) is 72.9 Å². The smallest absolute Gasteiger partial charge is 0.264 e. The number of rotatable bonds is 6. The largest absolute Gasteiger partial charge is 0.497 e. The highest BCUT2D eigenvalue weighted by molar-refractivity contribution is 7.90. The Morgan fingerprint density at radius 2 is 1.68 bits per heavy atom. The van der Waals surface area contributed by atoms with Crippen molar-refractivity contribution in [3.63, 3.8) is 0 Å². The number of hydrogen-bond donors (Lipinski definition) is 1. The van der Waals surface area contributed by atoms with Crippen LogP contribution in [0.2, 0.25) is 0 Å². The summed E-state index contributed by atoms with van der Waals surface area (Å²) in [6.07, 6.45) is 9.39. The van der Waals surface area contributed by atoms with Gasteiger partial charge in [0.25, 0.3) is 5.91 Å². The normalized spacial score (nSPS) is 28.4. The first-order valence-corrected chi connectivity index (χ1v) is 20.2. The lowest BCUT2D eigenvalue weighted by molar-refractivity contribution is -0.143. The molecule has 2 bridgehead atoms. The van der Waals surface area contributed by atoms with E-state index in [1.165, 1.54) is 30.4 Å². The SMILES string of the molecule is COc1ccc2c(c1)C1CC1(C(=O)N1C3CCC1CN(C)C3)Cn1c-2c(C2CCCCC2)c2ccc(C(=O)NS(=O)(=O)C3CCOCC3)cc21. The van der Waals surface area contributed by atoms with Gasteiger partial charge in [-0.2, -0.15) is 0 Å². The molecule has 0 spiro atoms. The Morgan fingerprint density at radius 3 is 2.40 bits per heavy atom. The standard InChI is InChI=1S/C39H48N4O6S/c1-41-21-26-9-10-27(22-41)43(26)38(45)39-20-33(39)32-19-28(48-2)11-13-30(32)36-35(24-6-4-3-5-7-24)31-12-8-25(18-34(31)42(36)23-39)37(44)40-50(46,47)29-14-16-49-17-15-29/h8,11-13,18-19,24,26-27,29,33H,3-7,9-10,14-17,20-23H2,1-2H3,(H,40,44). The Balaban J connectivity index is 1.19. The van der Waals surface area contributed by atoms with Gasteiger partial charge in [0.15, 0.2) is 0 Å². The van der Waals surface area contributed by atoms with Crippen LogP contribution in [0.15, 0.2) is 36.4 Å². The van der Waals surface area contributed by atoms with Crippen molar-refractivity contribution in [3.05, 3.63) is 53.1 Å². The van der Waals surface area contributed by atoms with Crippen LogP contribution in [0, 0.1) is 5.41 Å². The molecular formula is C39H48N4O6S. The number of benzene rings is 2. The van der Waals surface area contributed by atoms with Gasteiger partial charge in [-0.25, -0.2) is 13.1 Å². The van der Waals surface area contributed by atoms with Crippen molar-refractivity contribution in [2.75, 3.05) is 40.5 Å². The molecule has 266 valence electrons. The molecule has 2 amide bonds. The lowest BCUT2D eigenvalue weighted by Crippen LogP contribution is -2.57. The fraction of sp³-hybridized carbons (Fsp3) is 0.590. The lowest BCUT2D eigenvalue weighted by Gasteiger charge is -2.41. The van der Waals surface area contributed by atoms with Crippen molar-refractivity contribution in [3.8, 4) is 17.0 Å². The van der Waals surface area contributed by atoms with Gasteiger partial charge in [0.1, 0.15) is 5.75 Å². The van der Waals surface area contributed by atoms with Crippen molar-refractivity contribution in [2.45, 2.75) is 99.9 Å². The van der Waals surface area contributed by atoms with E-state index in [1.54, 1.807) is 13.2 Å². The molecule has 1 aromatic heterocycles. The fourth-order valence-electron chi connectivity index (χ4n) is 10.4. The second kappa shape index (κ2) is 12.1. The second-order valence-electron chi connectivity index (χ2n) is 15.9. The molecule has 4 atom stereocenters. The number of ether oxygens (including phenoxy) is 2. The molecule has 4 aliphatic heterocycles. The summed E-state index contributed by atoms with van der Waals surface area (Å²) >= 11 is 0. The Morgan fingerprint density at radius 1 is 0.940 bits per heavy atom. The zero-order valence-corrected chi connectivity index (χ0v) is 30.0. The van der Waals surface area contributed by atoms with Gasteiger partial charge in [-0.05, 0) is 99.4 Å². The highest BCUT2D eigenvalue weighted by atomic mass is 32.2. The van der Waals surface area contributed by atoms with Gasteiger partial charge in [-0.15, -0.1) is 0 Å². The van der Waals surface area contributed by atoms with Crippen LogP contribution in [0.5, 0.6) is 5.75 Å². The molecule has 3 saturated heterocycles. The summed E-state index contributed by atoms with van der Waals surface area (Å²) in [5, 5.41) is 0.446. The highest BCUT2D eigenvalue weighted by Gasteiger charge is 2.65. The maximum Gasteiger partial charge on any atom is 0.264 e. The molecule has 10 nitrogen and oxygen atoms in total. The van der Waals surface area contributed by atoms with E-state index < -0.39 is 26.6 Å².